The predicted molar refractivity (Wildman–Crippen MR) is 215 cm³/mol. The first kappa shape index (κ1) is 29.9. The molecule has 0 bridgehead atoms. The van der Waals surface area contributed by atoms with Crippen molar-refractivity contribution in [3.63, 3.8) is 0 Å². The molecule has 244 valence electrons. The molecule has 0 atom stereocenters. The van der Waals surface area contributed by atoms with Gasteiger partial charge in [-0.2, -0.15) is 0 Å². The molecule has 8 aromatic carbocycles. The summed E-state index contributed by atoms with van der Waals surface area (Å²) in [5, 5.41) is 2.31. The maximum Gasteiger partial charge on any atom is 0.227 e. The highest BCUT2D eigenvalue weighted by Gasteiger charge is 2.30. The smallest absolute Gasteiger partial charge is 0.227 e. The van der Waals surface area contributed by atoms with Crippen molar-refractivity contribution in [2.24, 2.45) is 0 Å². The number of aromatic nitrogens is 1. The lowest BCUT2D eigenvalue weighted by atomic mass is 9.98. The Balaban J connectivity index is 1.12. The highest BCUT2D eigenvalue weighted by molar-refractivity contribution is 6.17. The zero-order valence-corrected chi connectivity index (χ0v) is 28.3. The van der Waals surface area contributed by atoms with E-state index < -0.39 is 0 Å². The van der Waals surface area contributed by atoms with Gasteiger partial charge in [0.2, 0.25) is 5.89 Å². The van der Waals surface area contributed by atoms with Gasteiger partial charge in [-0.1, -0.05) is 140 Å². The number of hydrogen-bond donors (Lipinski definition) is 0. The topological polar surface area (TPSA) is 29.3 Å². The quantitative estimate of drug-likeness (QED) is 0.170. The highest BCUT2D eigenvalue weighted by Crippen LogP contribution is 2.52. The number of hydrogen-bond acceptors (Lipinski definition) is 3. The van der Waals surface area contributed by atoms with Crippen molar-refractivity contribution in [1.82, 2.24) is 4.98 Å². The third kappa shape index (κ3) is 5.10. The summed E-state index contributed by atoms with van der Waals surface area (Å²) in [5.41, 5.74) is 14.4. The summed E-state index contributed by atoms with van der Waals surface area (Å²) >= 11 is 0. The summed E-state index contributed by atoms with van der Waals surface area (Å²) in [4.78, 5) is 7.40. The van der Waals surface area contributed by atoms with Crippen LogP contribution in [0.2, 0.25) is 0 Å². The lowest BCUT2D eigenvalue weighted by Gasteiger charge is -2.28. The second-order valence-electron chi connectivity index (χ2n) is 13.2. The van der Waals surface area contributed by atoms with E-state index in [0.29, 0.717) is 5.89 Å². The van der Waals surface area contributed by atoms with Crippen molar-refractivity contribution in [2.45, 2.75) is 0 Å². The Bertz CT molecular complexity index is 2690. The maximum atomic E-state index is 6.49. The van der Waals surface area contributed by atoms with Crippen molar-refractivity contribution in [2.75, 3.05) is 4.90 Å². The van der Waals surface area contributed by atoms with Crippen LogP contribution in [-0.2, 0) is 0 Å². The zero-order chi connectivity index (χ0) is 34.4. The van der Waals surface area contributed by atoms with Gasteiger partial charge >= 0.3 is 0 Å². The molecule has 1 aliphatic carbocycles. The van der Waals surface area contributed by atoms with E-state index in [9.17, 15) is 0 Å². The molecule has 1 aromatic heterocycles. The third-order valence-corrected chi connectivity index (χ3v) is 10.0. The lowest BCUT2D eigenvalue weighted by Crippen LogP contribution is -2.10. The van der Waals surface area contributed by atoms with Crippen molar-refractivity contribution in [3.8, 4) is 67.4 Å². The zero-order valence-electron chi connectivity index (χ0n) is 28.3. The Morgan fingerprint density at radius 1 is 0.385 bits per heavy atom. The molecular formula is C49H32N2O. The fourth-order valence-electron chi connectivity index (χ4n) is 7.56. The van der Waals surface area contributed by atoms with E-state index in [0.717, 1.165) is 56.2 Å². The van der Waals surface area contributed by atoms with Gasteiger partial charge in [0.05, 0.1) is 5.69 Å². The number of anilines is 3. The normalized spacial score (nSPS) is 11.5. The summed E-state index contributed by atoms with van der Waals surface area (Å²) in [6, 6.07) is 68.7. The van der Waals surface area contributed by atoms with Crippen LogP contribution >= 0.6 is 0 Å². The molecule has 0 amide bonds. The van der Waals surface area contributed by atoms with Crippen LogP contribution in [-0.4, -0.2) is 4.98 Å². The minimum absolute atomic E-state index is 0.644. The first-order valence-corrected chi connectivity index (χ1v) is 17.6. The molecule has 0 N–H and O–H groups in total. The van der Waals surface area contributed by atoms with Crippen LogP contribution < -0.4 is 4.90 Å². The molecule has 0 spiro atoms. The van der Waals surface area contributed by atoms with Crippen LogP contribution in [0.25, 0.3) is 78.2 Å². The first-order chi connectivity index (χ1) is 25.8. The Labute approximate surface area is 302 Å². The standard InChI is InChI=1S/C49H32N2O/c1-4-13-33(14-5-1)35-25-27-40(28-26-35)51(41-22-11-21-39(32-41)38-20-10-19-37(31-38)34-15-6-2-7-16-34)45-30-29-43-46-42(45)23-12-24-44(46)48-47(43)50-49(52-48)36-17-8-3-9-18-36/h1-32H. The molecule has 1 aliphatic rings. The van der Waals surface area contributed by atoms with Crippen molar-refractivity contribution < 1.29 is 4.42 Å². The molecule has 0 saturated carbocycles. The number of fused-ring (bicyclic) bond motifs is 3. The van der Waals surface area contributed by atoms with Gasteiger partial charge in [-0.25, -0.2) is 4.98 Å². The van der Waals surface area contributed by atoms with Crippen LogP contribution in [0.3, 0.4) is 0 Å². The van der Waals surface area contributed by atoms with Gasteiger partial charge in [0, 0.05) is 38.8 Å². The molecule has 3 heteroatoms. The van der Waals surface area contributed by atoms with Crippen LogP contribution in [0, 0.1) is 0 Å². The van der Waals surface area contributed by atoms with Gasteiger partial charge in [-0.05, 0) is 88.0 Å². The summed E-state index contributed by atoms with van der Waals surface area (Å²) < 4.78 is 6.49. The van der Waals surface area contributed by atoms with Crippen molar-refractivity contribution in [1.29, 1.82) is 0 Å². The molecule has 9 aromatic rings. The molecule has 3 nitrogen and oxygen atoms in total. The third-order valence-electron chi connectivity index (χ3n) is 10.0. The van der Waals surface area contributed by atoms with E-state index in [1.54, 1.807) is 0 Å². The van der Waals surface area contributed by atoms with Gasteiger partial charge in [0.25, 0.3) is 0 Å². The number of oxazole rings is 1. The fourth-order valence-corrected chi connectivity index (χ4v) is 7.56. The Morgan fingerprint density at radius 3 is 1.65 bits per heavy atom. The first-order valence-electron chi connectivity index (χ1n) is 17.6. The van der Waals surface area contributed by atoms with Gasteiger partial charge in [0.1, 0.15) is 5.69 Å². The molecule has 0 unspecified atom stereocenters. The molecule has 0 radical (unpaired) electrons. The summed E-state index contributed by atoms with van der Waals surface area (Å²) in [6.07, 6.45) is 0. The monoisotopic (exact) mass is 664 g/mol. The van der Waals surface area contributed by atoms with Crippen molar-refractivity contribution in [3.05, 3.63) is 194 Å². The Hall–Kier alpha value is -6.97. The van der Waals surface area contributed by atoms with Crippen LogP contribution in [0.5, 0.6) is 0 Å². The van der Waals surface area contributed by atoms with Gasteiger partial charge < -0.3 is 9.32 Å². The summed E-state index contributed by atoms with van der Waals surface area (Å²) in [5.74, 6) is 1.47. The van der Waals surface area contributed by atoms with E-state index in [1.807, 2.05) is 30.3 Å². The SMILES string of the molecule is c1ccc(-c2ccc(N(c3cccc(-c4cccc(-c5ccccc5)c4)c3)c3ccc4c5c(cccc35)-c3oc(-c5ccccc5)nc3-4)cc2)cc1. The number of nitrogens with zero attached hydrogens (tertiary/aromatic N) is 2. The fraction of sp³-hybridized carbons (Fsp3) is 0. The molecular weight excluding hydrogens is 633 g/mol. The number of benzene rings is 8. The largest absolute Gasteiger partial charge is 0.435 e. The lowest BCUT2D eigenvalue weighted by molar-refractivity contribution is 0.590. The highest BCUT2D eigenvalue weighted by atomic mass is 16.4. The molecule has 0 fully saturated rings. The minimum Gasteiger partial charge on any atom is -0.435 e. The van der Waals surface area contributed by atoms with E-state index in [4.69, 9.17) is 9.40 Å². The van der Waals surface area contributed by atoms with Gasteiger partial charge in [-0.15, -0.1) is 0 Å². The summed E-state index contributed by atoms with van der Waals surface area (Å²) in [6.45, 7) is 0. The average Bonchev–Trinajstić information content (AvgIpc) is 3.80. The molecule has 0 saturated heterocycles. The molecule has 52 heavy (non-hydrogen) atoms. The van der Waals surface area contributed by atoms with E-state index >= 15 is 0 Å². The van der Waals surface area contributed by atoms with Crippen LogP contribution in [0.1, 0.15) is 0 Å². The second kappa shape index (κ2) is 12.4. The molecule has 10 rings (SSSR count). The van der Waals surface area contributed by atoms with E-state index in [-0.39, 0.29) is 0 Å². The van der Waals surface area contributed by atoms with Crippen LogP contribution in [0.4, 0.5) is 17.1 Å². The molecule has 1 heterocycles. The van der Waals surface area contributed by atoms with E-state index in [1.165, 1.54) is 33.2 Å². The van der Waals surface area contributed by atoms with Crippen molar-refractivity contribution >= 4 is 27.8 Å². The average molecular weight is 665 g/mol. The molecule has 0 aliphatic heterocycles. The number of rotatable bonds is 7. The summed E-state index contributed by atoms with van der Waals surface area (Å²) in [7, 11) is 0. The Kier molecular flexibility index (Phi) is 7.14. The second-order valence-corrected chi connectivity index (χ2v) is 13.2. The Morgan fingerprint density at radius 2 is 0.942 bits per heavy atom. The maximum absolute atomic E-state index is 6.49. The van der Waals surface area contributed by atoms with Crippen LogP contribution in [0.15, 0.2) is 199 Å². The van der Waals surface area contributed by atoms with Gasteiger partial charge in [-0.3, -0.25) is 0 Å². The van der Waals surface area contributed by atoms with E-state index in [2.05, 4.69) is 169 Å². The minimum atomic E-state index is 0.644. The predicted octanol–water partition coefficient (Wildman–Crippen LogP) is 13.6. The van der Waals surface area contributed by atoms with Gasteiger partial charge in [0.15, 0.2) is 5.76 Å².